The third-order valence-corrected chi connectivity index (χ3v) is 20.8. The molecule has 5 saturated heterocycles. The largest absolute Gasteiger partial charge is 0.460 e. The van der Waals surface area contributed by atoms with Gasteiger partial charge in [0.05, 0.1) is 38.6 Å². The maximum atomic E-state index is 14.6. The van der Waals surface area contributed by atoms with E-state index in [4.69, 9.17) is 52.1 Å². The van der Waals surface area contributed by atoms with Crippen molar-refractivity contribution in [1.29, 1.82) is 0 Å². The predicted molar refractivity (Wildman–Crippen MR) is 275 cm³/mol. The first-order valence-electron chi connectivity index (χ1n) is 28.8. The van der Waals surface area contributed by atoms with Crippen LogP contribution >= 0.6 is 0 Å². The fourth-order valence-electron chi connectivity index (χ4n) is 16.4. The smallest absolute Gasteiger partial charge is 0.317 e. The van der Waals surface area contributed by atoms with E-state index in [0.29, 0.717) is 38.5 Å². The molecule has 1 spiro atoms. The van der Waals surface area contributed by atoms with Crippen molar-refractivity contribution in [3.8, 4) is 0 Å². The van der Waals surface area contributed by atoms with Gasteiger partial charge in [0.2, 0.25) is 0 Å². The Bertz CT molecular complexity index is 2340. The summed E-state index contributed by atoms with van der Waals surface area (Å²) in [5.41, 5.74) is -4.68. The average molecular weight is 1180 g/mol. The van der Waals surface area contributed by atoms with Gasteiger partial charge in [-0.25, -0.2) is 0 Å². The molecule has 3 saturated carbocycles. The third-order valence-electron chi connectivity index (χ3n) is 20.8. The van der Waals surface area contributed by atoms with E-state index in [1.165, 1.54) is 14.0 Å². The second-order valence-electron chi connectivity index (χ2n) is 26.2. The van der Waals surface area contributed by atoms with Crippen LogP contribution in [0.15, 0.2) is 11.6 Å². The molecule has 26 heteroatoms. The summed E-state index contributed by atoms with van der Waals surface area (Å²) in [5, 5.41) is 133. The summed E-state index contributed by atoms with van der Waals surface area (Å²) in [7, 11) is 1.18. The van der Waals surface area contributed by atoms with Crippen molar-refractivity contribution < 1.29 is 128 Å². The topological polar surface area (TPSA) is 396 Å². The molecule has 0 amide bonds. The summed E-state index contributed by atoms with van der Waals surface area (Å²) in [4.78, 5) is 40.5. The van der Waals surface area contributed by atoms with E-state index in [1.54, 1.807) is 20.8 Å². The summed E-state index contributed by atoms with van der Waals surface area (Å²) >= 11 is 0. The first-order chi connectivity index (χ1) is 38.4. The predicted octanol–water partition coefficient (Wildman–Crippen LogP) is -2.50. The fourth-order valence-corrected chi connectivity index (χ4v) is 16.4. The molecule has 5 aliphatic heterocycles. The lowest BCUT2D eigenvalue weighted by atomic mass is 9.40. The Labute approximate surface area is 475 Å². The molecule has 8 fully saturated rings. The van der Waals surface area contributed by atoms with E-state index >= 15 is 0 Å². The lowest BCUT2D eigenvalue weighted by Crippen LogP contribution is -2.67. The van der Waals surface area contributed by atoms with Gasteiger partial charge in [-0.1, -0.05) is 39.3 Å². The van der Waals surface area contributed by atoms with E-state index in [0.717, 1.165) is 5.57 Å². The molecule has 0 aromatic carbocycles. The lowest BCUT2D eigenvalue weighted by Gasteiger charge is -2.64. The summed E-state index contributed by atoms with van der Waals surface area (Å²) in [6.45, 7) is 11.9. The molecule has 5 heterocycles. The highest BCUT2D eigenvalue weighted by Crippen LogP contribution is 2.76. The van der Waals surface area contributed by atoms with Crippen LogP contribution in [0, 0.1) is 39.4 Å². The lowest BCUT2D eigenvalue weighted by molar-refractivity contribution is -0.392. The molecule has 3 unspecified atom stereocenters. The van der Waals surface area contributed by atoms with Gasteiger partial charge in [0, 0.05) is 26.4 Å². The van der Waals surface area contributed by atoms with E-state index in [9.17, 15) is 75.7 Å². The number of ether oxygens (including phenoxy) is 11. The minimum atomic E-state index is -2.03. The number of rotatable bonds is 17. The van der Waals surface area contributed by atoms with Gasteiger partial charge in [0.15, 0.2) is 36.5 Å². The van der Waals surface area contributed by atoms with Gasteiger partial charge in [-0.2, -0.15) is 0 Å². The summed E-state index contributed by atoms with van der Waals surface area (Å²) in [5.74, 6) is -2.16. The first kappa shape index (κ1) is 64.0. The molecule has 12 N–H and O–H groups in total. The number of aliphatic hydroxyl groups is 12. The molecular formula is C56H88O26. The van der Waals surface area contributed by atoms with Crippen LogP contribution < -0.4 is 0 Å². The number of carbonyl (C=O) groups excluding carboxylic acids is 3. The number of esters is 2. The minimum absolute atomic E-state index is 0.00147. The SMILES string of the molecule is CO[C@@H]1[C@@H](O)[C@H](O[C@@H]2[C@@H](O)[C@H](O[C@H]3[C@H](O)[C@@H](O)[C@H](O[C@H]4[C@H](O[C@H]5CC[C@]6(C)C7=C[C@H](O)C89C(=O)O[C@@](C)(C(=O)CCC(C)(C)OC(C)=O)[C@H]8CC[C@@]9(C)C7CCC6C5(C)C)OC[C@@H](O)[C@@H]4O)O[C@@H]3CO)O[C@H](CO)[C@H]2O)O[C@H](CO)[C@H]1O. The Morgan fingerprint density at radius 1 is 0.646 bits per heavy atom. The average Bonchev–Trinajstić information content (AvgIpc) is 1.47. The van der Waals surface area contributed by atoms with Crippen molar-refractivity contribution >= 4 is 17.7 Å². The number of fused-ring (bicyclic) bond motifs is 4. The number of aliphatic hydroxyl groups excluding tert-OH is 12. The Morgan fingerprint density at radius 2 is 1.22 bits per heavy atom. The Hall–Kier alpha value is -2.49. The summed E-state index contributed by atoms with van der Waals surface area (Å²) < 4.78 is 64.6. The van der Waals surface area contributed by atoms with Gasteiger partial charge in [-0.05, 0) is 93.8 Å². The maximum absolute atomic E-state index is 14.6. The molecule has 4 aliphatic carbocycles. The van der Waals surface area contributed by atoms with Crippen molar-refractivity contribution in [2.45, 2.75) is 247 Å². The Kier molecular flexibility index (Phi) is 18.4. The van der Waals surface area contributed by atoms with Gasteiger partial charge in [-0.3, -0.25) is 14.4 Å². The van der Waals surface area contributed by atoms with Crippen LogP contribution in [0.3, 0.4) is 0 Å². The highest BCUT2D eigenvalue weighted by atomic mass is 16.8. The number of methoxy groups -OCH3 is 1. The highest BCUT2D eigenvalue weighted by molar-refractivity contribution is 5.96. The zero-order valence-electron chi connectivity index (χ0n) is 48.0. The number of hydrogen-bond donors (Lipinski definition) is 12. The van der Waals surface area contributed by atoms with Gasteiger partial charge in [0.25, 0.3) is 0 Å². The van der Waals surface area contributed by atoms with Crippen LogP contribution in [-0.4, -0.2) is 253 Å². The number of allylic oxidation sites excluding steroid dienone is 1. The van der Waals surface area contributed by atoms with Crippen LogP contribution in [0.2, 0.25) is 0 Å². The molecule has 9 rings (SSSR count). The summed E-state index contributed by atoms with van der Waals surface area (Å²) in [6.07, 6.45) is -28.4. The molecule has 0 aromatic heterocycles. The number of carbonyl (C=O) groups is 3. The van der Waals surface area contributed by atoms with Crippen LogP contribution in [-0.2, 0) is 66.5 Å². The van der Waals surface area contributed by atoms with E-state index in [2.05, 4.69) is 27.7 Å². The molecule has 28 atom stereocenters. The van der Waals surface area contributed by atoms with Crippen LogP contribution in [0.25, 0.3) is 0 Å². The standard InChI is InChI=1S/C56H88O26/c1-23(60)81-51(2,3)15-13-32(62)55(8)31-12-17-54(7)24-10-11-30-52(4,5)34(14-16-53(30,6)25(24)18-33(63)56(31,54)50(71)82-55)77-49-45(35(64)26(61)22-73-49)80-46-39(68)38(67)42(29(21-59)76-46)78-48-41(70)44(37(66)28(20-58)75-48)79-47-40(69)43(72-9)36(65)27(19-57)74-47/h18,24,26-31,33-49,57-59,61,63-70H,10-17,19-22H2,1-9H3/t24?,26-,27-,28-,29-,30?,31-,33+,34+,35+,36-,37-,38-,39-,40-,41-,42-,43+,44+,45-,46+,47+,48+,49+,53-,54+,55-,56?/m1/s1. The molecule has 468 valence electrons. The first-order valence-corrected chi connectivity index (χ1v) is 28.8. The molecule has 0 bridgehead atoms. The van der Waals surface area contributed by atoms with Crippen molar-refractivity contribution in [2.75, 3.05) is 33.5 Å². The van der Waals surface area contributed by atoms with E-state index in [1.807, 2.05) is 6.08 Å². The number of hydrogen-bond acceptors (Lipinski definition) is 26. The molecule has 0 radical (unpaired) electrons. The normalized spacial score (nSPS) is 50.1. The quantitative estimate of drug-likeness (QED) is 0.0407. The minimum Gasteiger partial charge on any atom is -0.460 e. The maximum Gasteiger partial charge on any atom is 0.317 e. The van der Waals surface area contributed by atoms with Gasteiger partial charge in [-0.15, -0.1) is 0 Å². The second-order valence-corrected chi connectivity index (χ2v) is 26.2. The number of cyclic esters (lactones) is 1. The van der Waals surface area contributed by atoms with Crippen LogP contribution in [0.1, 0.15) is 107 Å². The van der Waals surface area contributed by atoms with Crippen LogP contribution in [0.5, 0.6) is 0 Å². The monoisotopic (exact) mass is 1180 g/mol. The van der Waals surface area contributed by atoms with Crippen molar-refractivity contribution in [3.05, 3.63) is 11.6 Å². The van der Waals surface area contributed by atoms with E-state index < -0.39 is 199 Å². The fraction of sp³-hybridized carbons (Fsp3) is 0.911. The Morgan fingerprint density at radius 3 is 1.83 bits per heavy atom. The van der Waals surface area contributed by atoms with Crippen LogP contribution in [0.4, 0.5) is 0 Å². The van der Waals surface area contributed by atoms with E-state index in [-0.39, 0.29) is 37.1 Å². The molecule has 82 heavy (non-hydrogen) atoms. The zero-order chi connectivity index (χ0) is 60.1. The third kappa shape index (κ3) is 10.4. The Balaban J connectivity index is 0.882. The number of ketones is 1. The zero-order valence-corrected chi connectivity index (χ0v) is 48.0. The molecule has 9 aliphatic rings. The second kappa shape index (κ2) is 23.6. The van der Waals surface area contributed by atoms with Crippen molar-refractivity contribution in [1.82, 2.24) is 0 Å². The van der Waals surface area contributed by atoms with Gasteiger partial charge < -0.3 is 113 Å². The van der Waals surface area contributed by atoms with Crippen molar-refractivity contribution in [3.63, 3.8) is 0 Å². The molecule has 26 nitrogen and oxygen atoms in total. The molecular weight excluding hydrogens is 1090 g/mol. The van der Waals surface area contributed by atoms with Crippen molar-refractivity contribution in [2.24, 2.45) is 39.4 Å². The molecule has 0 aromatic rings. The number of Topliss-reactive ketones (excluding diaryl/α,β-unsaturated/α-hetero) is 1. The summed E-state index contributed by atoms with van der Waals surface area (Å²) in [6, 6.07) is 0. The van der Waals surface area contributed by atoms with Gasteiger partial charge >= 0.3 is 11.9 Å². The van der Waals surface area contributed by atoms with Gasteiger partial charge in [0.1, 0.15) is 103 Å². The highest BCUT2D eigenvalue weighted by Gasteiger charge is 2.80.